The summed E-state index contributed by atoms with van der Waals surface area (Å²) in [5.41, 5.74) is 2.16. The van der Waals surface area contributed by atoms with E-state index in [1.165, 1.54) is 17.4 Å². The first kappa shape index (κ1) is 18.4. The summed E-state index contributed by atoms with van der Waals surface area (Å²) in [4.78, 5) is 24.7. The molecule has 0 radical (unpaired) electrons. The van der Waals surface area contributed by atoms with Crippen LogP contribution in [0.1, 0.15) is 22.9 Å². The van der Waals surface area contributed by atoms with Crippen LogP contribution in [-0.2, 0) is 20.9 Å². The molecule has 0 fully saturated rings. The normalized spacial score (nSPS) is 12.1. The summed E-state index contributed by atoms with van der Waals surface area (Å²) in [5.74, 6) is -0.867. The van der Waals surface area contributed by atoms with Crippen molar-refractivity contribution < 1.29 is 14.3 Å². The van der Waals surface area contributed by atoms with E-state index >= 15 is 0 Å². The van der Waals surface area contributed by atoms with Crippen molar-refractivity contribution >= 4 is 45.2 Å². The highest BCUT2D eigenvalue weighted by atomic mass is 79.9. The van der Waals surface area contributed by atoms with Gasteiger partial charge in [0.1, 0.15) is 0 Å². The van der Waals surface area contributed by atoms with Gasteiger partial charge in [-0.05, 0) is 53.5 Å². The van der Waals surface area contributed by atoms with E-state index in [9.17, 15) is 9.59 Å². The van der Waals surface area contributed by atoms with Gasteiger partial charge in [-0.2, -0.15) is 0 Å². The van der Waals surface area contributed by atoms with Crippen LogP contribution < -0.4 is 5.32 Å². The number of carbonyl (C=O) groups excluding carboxylic acids is 2. The lowest BCUT2D eigenvalue weighted by atomic mass is 10.1. The van der Waals surface area contributed by atoms with Crippen LogP contribution in [0.15, 0.2) is 46.3 Å². The summed E-state index contributed by atoms with van der Waals surface area (Å²) < 4.78 is 6.09. The standard InChI is InChI=1S/C18H18BrNO3S/c1-12-3-5-14(6-4-12)11-20-18(22)13(2)23-17(21)10-8-15-7-9-16(19)24-15/h3-10,13H,11H2,1-2H3,(H,20,22)/b10-8+/t13-/m1/s1. The second-order valence-corrected chi connectivity index (χ2v) is 7.75. The van der Waals surface area contributed by atoms with Crippen LogP contribution in [0.2, 0.25) is 0 Å². The molecule has 0 unspecified atom stereocenters. The molecule has 24 heavy (non-hydrogen) atoms. The lowest BCUT2D eigenvalue weighted by Gasteiger charge is -2.12. The molecule has 1 heterocycles. The number of amides is 1. The van der Waals surface area contributed by atoms with E-state index in [0.717, 1.165) is 19.8 Å². The van der Waals surface area contributed by atoms with Crippen molar-refractivity contribution in [2.24, 2.45) is 0 Å². The van der Waals surface area contributed by atoms with Crippen LogP contribution in [-0.4, -0.2) is 18.0 Å². The highest BCUT2D eigenvalue weighted by molar-refractivity contribution is 9.11. The van der Waals surface area contributed by atoms with Crippen LogP contribution in [0.3, 0.4) is 0 Å². The fourth-order valence-electron chi connectivity index (χ4n) is 1.87. The van der Waals surface area contributed by atoms with Crippen molar-refractivity contribution in [2.45, 2.75) is 26.5 Å². The minimum atomic E-state index is -0.845. The van der Waals surface area contributed by atoms with Crippen LogP contribution in [0.25, 0.3) is 6.08 Å². The van der Waals surface area contributed by atoms with E-state index in [1.54, 1.807) is 13.0 Å². The van der Waals surface area contributed by atoms with Crippen LogP contribution in [0.4, 0.5) is 0 Å². The molecule has 4 nitrogen and oxygen atoms in total. The van der Waals surface area contributed by atoms with Gasteiger partial charge in [0.15, 0.2) is 6.10 Å². The average molecular weight is 408 g/mol. The lowest BCUT2D eigenvalue weighted by Crippen LogP contribution is -2.35. The summed E-state index contributed by atoms with van der Waals surface area (Å²) in [7, 11) is 0. The fourth-order valence-corrected chi connectivity index (χ4v) is 3.20. The van der Waals surface area contributed by atoms with Gasteiger partial charge in [-0.25, -0.2) is 4.79 Å². The average Bonchev–Trinajstić information content (AvgIpc) is 2.97. The van der Waals surface area contributed by atoms with Gasteiger partial charge in [-0.1, -0.05) is 29.8 Å². The summed E-state index contributed by atoms with van der Waals surface area (Å²) in [6.45, 7) is 3.96. The van der Waals surface area contributed by atoms with Gasteiger partial charge in [0.25, 0.3) is 5.91 Å². The molecule has 6 heteroatoms. The Bertz CT molecular complexity index is 737. The minimum absolute atomic E-state index is 0.323. The topological polar surface area (TPSA) is 55.4 Å². The monoisotopic (exact) mass is 407 g/mol. The van der Waals surface area contributed by atoms with Crippen LogP contribution in [0.5, 0.6) is 0 Å². The van der Waals surface area contributed by atoms with Crippen molar-refractivity contribution in [1.29, 1.82) is 0 Å². The van der Waals surface area contributed by atoms with E-state index in [0.29, 0.717) is 6.54 Å². The van der Waals surface area contributed by atoms with E-state index in [4.69, 9.17) is 4.74 Å². The highest BCUT2D eigenvalue weighted by Gasteiger charge is 2.16. The van der Waals surface area contributed by atoms with Crippen LogP contribution >= 0.6 is 27.3 Å². The smallest absolute Gasteiger partial charge is 0.331 e. The molecule has 1 aromatic heterocycles. The van der Waals surface area contributed by atoms with Gasteiger partial charge in [-0.15, -0.1) is 11.3 Å². The predicted molar refractivity (Wildman–Crippen MR) is 99.6 cm³/mol. The maximum Gasteiger partial charge on any atom is 0.331 e. The first-order valence-electron chi connectivity index (χ1n) is 7.41. The molecule has 0 aliphatic heterocycles. The van der Waals surface area contributed by atoms with Crippen molar-refractivity contribution in [3.63, 3.8) is 0 Å². The Morgan fingerprint density at radius 1 is 1.25 bits per heavy atom. The first-order chi connectivity index (χ1) is 11.4. The summed E-state index contributed by atoms with van der Waals surface area (Å²) >= 11 is 4.86. The van der Waals surface area contributed by atoms with Crippen molar-refractivity contribution in [1.82, 2.24) is 5.32 Å². The molecule has 126 valence electrons. The summed E-state index contributed by atoms with van der Waals surface area (Å²) in [6, 6.07) is 11.7. The van der Waals surface area contributed by atoms with Crippen molar-refractivity contribution in [2.75, 3.05) is 0 Å². The molecule has 0 saturated heterocycles. The Labute approximate surface area is 153 Å². The maximum absolute atomic E-state index is 12.0. The SMILES string of the molecule is Cc1ccc(CNC(=O)[C@@H](C)OC(=O)/C=C/c2ccc(Br)s2)cc1. The number of halogens is 1. The van der Waals surface area contributed by atoms with Crippen LogP contribution in [0, 0.1) is 6.92 Å². The molecule has 0 aliphatic carbocycles. The second-order valence-electron chi connectivity index (χ2n) is 5.26. The Morgan fingerprint density at radius 2 is 1.96 bits per heavy atom. The van der Waals surface area contributed by atoms with E-state index in [1.807, 2.05) is 43.3 Å². The van der Waals surface area contributed by atoms with Crippen molar-refractivity contribution in [3.05, 3.63) is 62.3 Å². The molecule has 1 atom stereocenters. The fraction of sp³-hybridized carbons (Fsp3) is 0.222. The van der Waals surface area contributed by atoms with Gasteiger partial charge in [0, 0.05) is 17.5 Å². The third-order valence-electron chi connectivity index (χ3n) is 3.23. The quantitative estimate of drug-likeness (QED) is 0.579. The molecule has 1 N–H and O–H groups in total. The molecule has 2 rings (SSSR count). The van der Waals surface area contributed by atoms with E-state index in [2.05, 4.69) is 21.2 Å². The number of hydrogen-bond donors (Lipinski definition) is 1. The molecule has 0 spiro atoms. The molecule has 0 bridgehead atoms. The molecule has 1 aromatic carbocycles. The zero-order chi connectivity index (χ0) is 17.5. The second kappa shape index (κ2) is 8.80. The molecular weight excluding hydrogens is 390 g/mol. The number of carbonyl (C=O) groups is 2. The summed E-state index contributed by atoms with van der Waals surface area (Å²) in [5, 5.41) is 2.76. The van der Waals surface area contributed by atoms with Gasteiger partial charge in [-0.3, -0.25) is 4.79 Å². The number of hydrogen-bond acceptors (Lipinski definition) is 4. The van der Waals surface area contributed by atoms with Gasteiger partial charge < -0.3 is 10.1 Å². The maximum atomic E-state index is 12.0. The molecular formula is C18H18BrNO3S. The first-order valence-corrected chi connectivity index (χ1v) is 9.02. The van der Waals surface area contributed by atoms with Gasteiger partial charge >= 0.3 is 5.97 Å². The number of benzene rings is 1. The lowest BCUT2D eigenvalue weighted by molar-refractivity contribution is -0.150. The Hall–Kier alpha value is -1.92. The molecule has 2 aromatic rings. The zero-order valence-corrected chi connectivity index (χ0v) is 15.8. The molecule has 1 amide bonds. The van der Waals surface area contributed by atoms with Crippen molar-refractivity contribution in [3.8, 4) is 0 Å². The Morgan fingerprint density at radius 3 is 2.58 bits per heavy atom. The number of aryl methyl sites for hydroxylation is 1. The van der Waals surface area contributed by atoms with E-state index < -0.39 is 12.1 Å². The zero-order valence-electron chi connectivity index (χ0n) is 13.4. The number of thiophene rings is 1. The Kier molecular flexibility index (Phi) is 6.75. The highest BCUT2D eigenvalue weighted by Crippen LogP contribution is 2.22. The number of esters is 1. The van der Waals surface area contributed by atoms with Gasteiger partial charge in [0.05, 0.1) is 3.79 Å². The third kappa shape index (κ3) is 5.94. The number of rotatable bonds is 6. The summed E-state index contributed by atoms with van der Waals surface area (Å²) in [6.07, 6.45) is 2.14. The number of ether oxygens (including phenoxy) is 1. The predicted octanol–water partition coefficient (Wildman–Crippen LogP) is 4.08. The molecule has 0 aliphatic rings. The third-order valence-corrected chi connectivity index (χ3v) is 4.82. The van der Waals surface area contributed by atoms with E-state index in [-0.39, 0.29) is 5.91 Å². The molecule has 0 saturated carbocycles. The minimum Gasteiger partial charge on any atom is -0.449 e. The largest absolute Gasteiger partial charge is 0.449 e. The Balaban J connectivity index is 1.79. The van der Waals surface area contributed by atoms with Gasteiger partial charge in [0.2, 0.25) is 0 Å². The number of nitrogens with one attached hydrogen (secondary N) is 1.